The highest BCUT2D eigenvalue weighted by atomic mass is 35.5. The third-order valence-electron chi connectivity index (χ3n) is 4.39. The summed E-state index contributed by atoms with van der Waals surface area (Å²) in [5.41, 5.74) is 10.9. The minimum Gasteiger partial charge on any atom is -0.366 e. The molecule has 0 spiro atoms. The lowest BCUT2D eigenvalue weighted by Gasteiger charge is -2.10. The van der Waals surface area contributed by atoms with E-state index in [0.717, 1.165) is 28.1 Å². The Morgan fingerprint density at radius 2 is 1.68 bits per heavy atom. The van der Waals surface area contributed by atoms with Crippen molar-refractivity contribution in [2.45, 2.75) is 20.4 Å². The number of nitrogens with two attached hydrogens (primary N) is 1. The zero-order valence-corrected chi connectivity index (χ0v) is 15.5. The van der Waals surface area contributed by atoms with Gasteiger partial charge in [0, 0.05) is 33.5 Å². The standard InChI is InChI=1S/C20H18Cl2N2O/c1-12-18(15-6-8-16(21)9-7-15)19(20(23)25)13(2)24(12)11-14-4-3-5-17(22)10-14/h3-10H,11H2,1-2H3,(H2,23,25). The topological polar surface area (TPSA) is 48.0 Å². The molecule has 0 bridgehead atoms. The molecule has 2 N–H and O–H groups in total. The molecule has 3 aromatic rings. The first-order chi connectivity index (χ1) is 11.9. The third-order valence-corrected chi connectivity index (χ3v) is 4.88. The SMILES string of the molecule is Cc1c(C(N)=O)c(-c2ccc(Cl)cc2)c(C)n1Cc1cccc(Cl)c1. The van der Waals surface area contributed by atoms with Gasteiger partial charge in [-0.2, -0.15) is 0 Å². The van der Waals surface area contributed by atoms with Crippen molar-refractivity contribution in [2.75, 3.05) is 0 Å². The molecule has 2 aromatic carbocycles. The first kappa shape index (κ1) is 17.6. The van der Waals surface area contributed by atoms with Crippen LogP contribution >= 0.6 is 23.2 Å². The minimum atomic E-state index is -0.435. The van der Waals surface area contributed by atoms with Gasteiger partial charge in [-0.15, -0.1) is 0 Å². The van der Waals surface area contributed by atoms with Gasteiger partial charge in [0.05, 0.1) is 5.56 Å². The van der Waals surface area contributed by atoms with Crippen molar-refractivity contribution in [1.82, 2.24) is 4.57 Å². The zero-order chi connectivity index (χ0) is 18.1. The molecule has 0 fully saturated rings. The van der Waals surface area contributed by atoms with E-state index in [1.165, 1.54) is 0 Å². The zero-order valence-electron chi connectivity index (χ0n) is 14.0. The molecule has 3 nitrogen and oxygen atoms in total. The van der Waals surface area contributed by atoms with Gasteiger partial charge in [0.2, 0.25) is 0 Å². The predicted molar refractivity (Wildman–Crippen MR) is 103 cm³/mol. The maximum absolute atomic E-state index is 12.1. The van der Waals surface area contributed by atoms with Crippen LogP contribution in [0, 0.1) is 13.8 Å². The summed E-state index contributed by atoms with van der Waals surface area (Å²) in [6.07, 6.45) is 0. The lowest BCUT2D eigenvalue weighted by Crippen LogP contribution is -2.13. The Morgan fingerprint density at radius 3 is 2.28 bits per heavy atom. The van der Waals surface area contributed by atoms with Crippen molar-refractivity contribution in [3.63, 3.8) is 0 Å². The fraction of sp³-hybridized carbons (Fsp3) is 0.150. The Balaban J connectivity index is 2.16. The summed E-state index contributed by atoms with van der Waals surface area (Å²) in [4.78, 5) is 12.1. The molecule has 0 aliphatic carbocycles. The van der Waals surface area contributed by atoms with Crippen LogP contribution in [0.4, 0.5) is 0 Å². The summed E-state index contributed by atoms with van der Waals surface area (Å²) < 4.78 is 2.09. The van der Waals surface area contributed by atoms with E-state index in [9.17, 15) is 4.79 Å². The van der Waals surface area contributed by atoms with Crippen LogP contribution in [0.5, 0.6) is 0 Å². The van der Waals surface area contributed by atoms with Crippen LogP contribution in [0.1, 0.15) is 27.3 Å². The van der Waals surface area contributed by atoms with Crippen LogP contribution in [0.3, 0.4) is 0 Å². The van der Waals surface area contributed by atoms with Crippen LogP contribution in [0.25, 0.3) is 11.1 Å². The van der Waals surface area contributed by atoms with Gasteiger partial charge in [0.15, 0.2) is 0 Å². The van der Waals surface area contributed by atoms with Crippen molar-refractivity contribution in [2.24, 2.45) is 5.73 Å². The molecule has 1 aromatic heterocycles. The number of rotatable bonds is 4. The molecule has 128 valence electrons. The van der Waals surface area contributed by atoms with E-state index in [-0.39, 0.29) is 0 Å². The molecule has 1 amide bonds. The molecule has 0 atom stereocenters. The number of hydrogen-bond acceptors (Lipinski definition) is 1. The fourth-order valence-electron chi connectivity index (χ4n) is 3.21. The van der Waals surface area contributed by atoms with E-state index in [2.05, 4.69) is 4.57 Å². The molecule has 25 heavy (non-hydrogen) atoms. The first-order valence-electron chi connectivity index (χ1n) is 7.88. The molecular weight excluding hydrogens is 355 g/mol. The van der Waals surface area contributed by atoms with Gasteiger partial charge in [-0.1, -0.05) is 47.5 Å². The predicted octanol–water partition coefficient (Wildman–Crippen LogP) is 5.23. The molecule has 0 aliphatic heterocycles. The Kier molecular flexibility index (Phi) is 4.89. The fourth-order valence-corrected chi connectivity index (χ4v) is 3.55. The Bertz CT molecular complexity index is 943. The summed E-state index contributed by atoms with van der Waals surface area (Å²) in [6.45, 7) is 4.52. The Hall–Kier alpha value is -2.23. The van der Waals surface area contributed by atoms with E-state index >= 15 is 0 Å². The molecule has 0 saturated carbocycles. The lowest BCUT2D eigenvalue weighted by molar-refractivity contribution is 0.1000. The molecule has 0 aliphatic rings. The number of hydrogen-bond donors (Lipinski definition) is 1. The van der Waals surface area contributed by atoms with Crippen molar-refractivity contribution < 1.29 is 4.79 Å². The second-order valence-corrected chi connectivity index (χ2v) is 6.88. The quantitative estimate of drug-likeness (QED) is 0.669. The average molecular weight is 373 g/mol. The minimum absolute atomic E-state index is 0.435. The van der Waals surface area contributed by atoms with Gasteiger partial charge in [-0.05, 0) is 49.2 Å². The molecular formula is C20H18Cl2N2O. The number of carbonyl (C=O) groups excluding carboxylic acids is 1. The monoisotopic (exact) mass is 372 g/mol. The van der Waals surface area contributed by atoms with Gasteiger partial charge >= 0.3 is 0 Å². The number of halogens is 2. The summed E-state index contributed by atoms with van der Waals surface area (Å²) in [5.74, 6) is -0.435. The molecule has 3 rings (SSSR count). The number of nitrogens with zero attached hydrogens (tertiary/aromatic N) is 1. The smallest absolute Gasteiger partial charge is 0.251 e. The first-order valence-corrected chi connectivity index (χ1v) is 8.64. The van der Waals surface area contributed by atoms with Crippen molar-refractivity contribution in [1.29, 1.82) is 0 Å². The average Bonchev–Trinajstić information content (AvgIpc) is 2.80. The largest absolute Gasteiger partial charge is 0.366 e. The summed E-state index contributed by atoms with van der Waals surface area (Å²) in [6, 6.07) is 15.1. The summed E-state index contributed by atoms with van der Waals surface area (Å²) in [7, 11) is 0. The highest BCUT2D eigenvalue weighted by Crippen LogP contribution is 2.33. The van der Waals surface area contributed by atoms with E-state index < -0.39 is 5.91 Å². The highest BCUT2D eigenvalue weighted by Gasteiger charge is 2.22. The van der Waals surface area contributed by atoms with E-state index in [1.807, 2.05) is 62.4 Å². The highest BCUT2D eigenvalue weighted by molar-refractivity contribution is 6.30. The van der Waals surface area contributed by atoms with Gasteiger partial charge in [-0.25, -0.2) is 0 Å². The molecule has 0 unspecified atom stereocenters. The van der Waals surface area contributed by atoms with Gasteiger partial charge in [0.1, 0.15) is 0 Å². The van der Waals surface area contributed by atoms with Crippen LogP contribution in [0.15, 0.2) is 48.5 Å². The third kappa shape index (κ3) is 3.44. The maximum atomic E-state index is 12.1. The van der Waals surface area contributed by atoms with Gasteiger partial charge < -0.3 is 10.3 Å². The van der Waals surface area contributed by atoms with Gasteiger partial charge in [0.25, 0.3) is 5.91 Å². The number of aromatic nitrogens is 1. The van der Waals surface area contributed by atoms with Crippen LogP contribution in [-0.2, 0) is 6.54 Å². The second kappa shape index (κ2) is 6.95. The van der Waals surface area contributed by atoms with Crippen LogP contribution in [-0.4, -0.2) is 10.5 Å². The van der Waals surface area contributed by atoms with Gasteiger partial charge in [-0.3, -0.25) is 4.79 Å². The van der Waals surface area contributed by atoms with E-state index in [4.69, 9.17) is 28.9 Å². The van der Waals surface area contributed by atoms with Crippen LogP contribution in [0.2, 0.25) is 10.0 Å². The number of primary amides is 1. The maximum Gasteiger partial charge on any atom is 0.251 e. The molecule has 0 radical (unpaired) electrons. The molecule has 5 heteroatoms. The number of amides is 1. The van der Waals surface area contributed by atoms with Crippen molar-refractivity contribution in [3.05, 3.63) is 81.1 Å². The Morgan fingerprint density at radius 1 is 1.00 bits per heavy atom. The van der Waals surface area contributed by atoms with Crippen molar-refractivity contribution >= 4 is 29.1 Å². The molecule has 1 heterocycles. The lowest BCUT2D eigenvalue weighted by atomic mass is 10.0. The van der Waals surface area contributed by atoms with Crippen LogP contribution < -0.4 is 5.73 Å². The number of carbonyl (C=O) groups is 1. The normalized spacial score (nSPS) is 10.9. The van der Waals surface area contributed by atoms with E-state index in [0.29, 0.717) is 22.2 Å². The second-order valence-electron chi connectivity index (χ2n) is 6.01. The summed E-state index contributed by atoms with van der Waals surface area (Å²) >= 11 is 12.1. The molecule has 0 saturated heterocycles. The Labute approximate surface area is 157 Å². The van der Waals surface area contributed by atoms with Crippen molar-refractivity contribution in [3.8, 4) is 11.1 Å². The number of benzene rings is 2. The summed E-state index contributed by atoms with van der Waals surface area (Å²) in [5, 5.41) is 1.34. The van der Waals surface area contributed by atoms with E-state index in [1.54, 1.807) is 0 Å².